The van der Waals surface area contributed by atoms with Gasteiger partial charge in [0.15, 0.2) is 0 Å². The molecule has 0 heterocycles. The lowest BCUT2D eigenvalue weighted by Crippen LogP contribution is -2.43. The van der Waals surface area contributed by atoms with E-state index in [1.165, 1.54) is 0 Å². The summed E-state index contributed by atoms with van der Waals surface area (Å²) in [6.45, 7) is 5.52. The number of likely N-dealkylation sites (N-methyl/N-ethyl adjacent to an activating group) is 2. The largest absolute Gasteiger partial charge is 0.335 e. The van der Waals surface area contributed by atoms with Crippen LogP contribution in [0, 0.1) is 0 Å². The molecule has 0 aliphatic heterocycles. The van der Waals surface area contributed by atoms with Crippen LogP contribution in [0.5, 0.6) is 0 Å². The van der Waals surface area contributed by atoms with Crippen LogP contribution in [0.4, 0.5) is 0 Å². The lowest BCUT2D eigenvalue weighted by atomic mass is 10.1. The fourth-order valence-electron chi connectivity index (χ4n) is 2.11. The summed E-state index contributed by atoms with van der Waals surface area (Å²) < 4.78 is 0.747. The Kier molecular flexibility index (Phi) is 6.30. The third-order valence-corrected chi connectivity index (χ3v) is 4.24. The number of amides is 1. The Morgan fingerprint density at radius 2 is 2.05 bits per heavy atom. The van der Waals surface area contributed by atoms with Crippen LogP contribution in [0.3, 0.4) is 0 Å². The Hall–Kier alpha value is -0.580. The third-order valence-electron chi connectivity index (χ3n) is 2.94. The molecule has 106 valence electrons. The second-order valence-corrected chi connectivity index (χ2v) is 6.04. The topological polar surface area (TPSA) is 23.6 Å². The van der Waals surface area contributed by atoms with E-state index in [4.69, 9.17) is 11.6 Å². The molecule has 1 aromatic carbocycles. The second kappa shape index (κ2) is 7.27. The van der Waals surface area contributed by atoms with Crippen LogP contribution in [0.15, 0.2) is 22.7 Å². The zero-order valence-electron chi connectivity index (χ0n) is 11.8. The Morgan fingerprint density at radius 1 is 1.42 bits per heavy atom. The first-order valence-corrected chi connectivity index (χ1v) is 7.45. The second-order valence-electron chi connectivity index (χ2n) is 4.80. The molecule has 0 N–H and O–H groups in total. The molecule has 0 aromatic heterocycles. The highest BCUT2D eigenvalue weighted by Gasteiger charge is 2.22. The van der Waals surface area contributed by atoms with Crippen molar-refractivity contribution in [2.24, 2.45) is 0 Å². The predicted octanol–water partition coefficient (Wildman–Crippen LogP) is 3.51. The zero-order chi connectivity index (χ0) is 14.6. The van der Waals surface area contributed by atoms with Gasteiger partial charge in [0, 0.05) is 23.6 Å². The van der Waals surface area contributed by atoms with Gasteiger partial charge in [-0.3, -0.25) is 4.79 Å². The van der Waals surface area contributed by atoms with E-state index in [2.05, 4.69) is 20.8 Å². The van der Waals surface area contributed by atoms with Crippen LogP contribution in [0.25, 0.3) is 0 Å². The summed E-state index contributed by atoms with van der Waals surface area (Å²) in [7, 11) is 4.00. The normalized spacial score (nSPS) is 12.6. The van der Waals surface area contributed by atoms with Crippen LogP contribution in [0.1, 0.15) is 24.2 Å². The number of nitrogens with zero attached hydrogens (tertiary/aromatic N) is 2. The summed E-state index contributed by atoms with van der Waals surface area (Å²) in [6, 6.07) is 5.56. The molecule has 1 amide bonds. The minimum atomic E-state index is -0.0249. The minimum absolute atomic E-state index is 0.0249. The van der Waals surface area contributed by atoms with Crippen LogP contribution >= 0.6 is 27.5 Å². The summed E-state index contributed by atoms with van der Waals surface area (Å²) in [5.41, 5.74) is 0.545. The van der Waals surface area contributed by atoms with Crippen molar-refractivity contribution in [3.63, 3.8) is 0 Å². The summed E-state index contributed by atoms with van der Waals surface area (Å²) in [4.78, 5) is 16.5. The average Bonchev–Trinajstić information content (AvgIpc) is 2.32. The summed E-state index contributed by atoms with van der Waals surface area (Å²) in [5.74, 6) is -0.0249. The summed E-state index contributed by atoms with van der Waals surface area (Å²) in [5, 5.41) is 0.475. The summed E-state index contributed by atoms with van der Waals surface area (Å²) in [6.07, 6.45) is 0. The van der Waals surface area contributed by atoms with E-state index in [0.717, 1.165) is 11.0 Å². The SMILES string of the molecule is CCN(C(=O)c1cccc(Br)c1Cl)C(C)CN(C)C. The van der Waals surface area contributed by atoms with Gasteiger partial charge in [-0.2, -0.15) is 0 Å². The third kappa shape index (κ3) is 4.20. The molecule has 1 unspecified atom stereocenters. The molecule has 0 spiro atoms. The Balaban J connectivity index is 2.98. The molecule has 3 nitrogen and oxygen atoms in total. The van der Waals surface area contributed by atoms with Gasteiger partial charge < -0.3 is 9.80 Å². The zero-order valence-corrected chi connectivity index (χ0v) is 14.1. The van der Waals surface area contributed by atoms with Gasteiger partial charge in [0.05, 0.1) is 10.6 Å². The lowest BCUT2D eigenvalue weighted by molar-refractivity contribution is 0.0679. The van der Waals surface area contributed by atoms with Crippen molar-refractivity contribution in [2.75, 3.05) is 27.2 Å². The van der Waals surface area contributed by atoms with Crippen LogP contribution < -0.4 is 0 Å². The van der Waals surface area contributed by atoms with E-state index in [-0.39, 0.29) is 11.9 Å². The van der Waals surface area contributed by atoms with Crippen molar-refractivity contribution in [1.82, 2.24) is 9.80 Å². The van der Waals surface area contributed by atoms with Gasteiger partial charge in [0.25, 0.3) is 5.91 Å². The van der Waals surface area contributed by atoms with E-state index in [1.807, 2.05) is 45.0 Å². The van der Waals surface area contributed by atoms with Crippen LogP contribution in [0.2, 0.25) is 5.02 Å². The maximum Gasteiger partial charge on any atom is 0.255 e. The van der Waals surface area contributed by atoms with Gasteiger partial charge in [0.2, 0.25) is 0 Å². The van der Waals surface area contributed by atoms with Crippen molar-refractivity contribution in [2.45, 2.75) is 19.9 Å². The van der Waals surface area contributed by atoms with E-state index in [9.17, 15) is 4.79 Å². The standard InChI is InChI=1S/C14H20BrClN2O/c1-5-18(10(2)9-17(3)4)14(19)11-7-6-8-12(15)13(11)16/h6-8,10H,5,9H2,1-4H3. The Labute approximate surface area is 128 Å². The van der Waals surface area contributed by atoms with Crippen LogP contribution in [-0.4, -0.2) is 48.9 Å². The molecule has 19 heavy (non-hydrogen) atoms. The molecule has 0 aliphatic rings. The molecular formula is C14H20BrClN2O. The van der Waals surface area contributed by atoms with Crippen LogP contribution in [-0.2, 0) is 0 Å². The van der Waals surface area contributed by atoms with Gasteiger partial charge in [0.1, 0.15) is 0 Å². The molecule has 1 rings (SSSR count). The number of hydrogen-bond donors (Lipinski definition) is 0. The van der Waals surface area contributed by atoms with Crippen molar-refractivity contribution in [1.29, 1.82) is 0 Å². The number of rotatable bonds is 5. The Bertz CT molecular complexity index is 451. The molecule has 0 fully saturated rings. The Morgan fingerprint density at radius 3 is 2.58 bits per heavy atom. The van der Waals surface area contributed by atoms with Gasteiger partial charge >= 0.3 is 0 Å². The molecule has 0 saturated heterocycles. The molecule has 1 aromatic rings. The number of carbonyl (C=O) groups excluding carboxylic acids is 1. The van der Waals surface area contributed by atoms with E-state index >= 15 is 0 Å². The minimum Gasteiger partial charge on any atom is -0.335 e. The van der Waals surface area contributed by atoms with Crippen molar-refractivity contribution in [3.05, 3.63) is 33.3 Å². The maximum atomic E-state index is 12.6. The first-order valence-electron chi connectivity index (χ1n) is 6.28. The fraction of sp³-hybridized carbons (Fsp3) is 0.500. The number of halogens is 2. The average molecular weight is 348 g/mol. The molecule has 1 atom stereocenters. The quantitative estimate of drug-likeness (QED) is 0.813. The van der Waals surface area contributed by atoms with E-state index < -0.39 is 0 Å². The van der Waals surface area contributed by atoms with Gasteiger partial charge in [-0.15, -0.1) is 0 Å². The summed E-state index contributed by atoms with van der Waals surface area (Å²) >= 11 is 9.55. The first kappa shape index (κ1) is 16.5. The molecule has 0 bridgehead atoms. The number of carbonyl (C=O) groups is 1. The molecule has 5 heteroatoms. The first-order chi connectivity index (χ1) is 8.88. The molecule has 0 radical (unpaired) electrons. The van der Waals surface area contributed by atoms with Gasteiger partial charge in [-0.1, -0.05) is 17.7 Å². The number of hydrogen-bond acceptors (Lipinski definition) is 2. The number of benzene rings is 1. The van der Waals surface area contributed by atoms with Gasteiger partial charge in [-0.25, -0.2) is 0 Å². The highest BCUT2D eigenvalue weighted by atomic mass is 79.9. The maximum absolute atomic E-state index is 12.6. The van der Waals surface area contributed by atoms with E-state index in [1.54, 1.807) is 6.07 Å². The fourth-order valence-corrected chi connectivity index (χ4v) is 2.68. The molecule has 0 saturated carbocycles. The smallest absolute Gasteiger partial charge is 0.255 e. The lowest BCUT2D eigenvalue weighted by Gasteiger charge is -2.30. The van der Waals surface area contributed by atoms with Crippen molar-refractivity contribution in [3.8, 4) is 0 Å². The predicted molar refractivity (Wildman–Crippen MR) is 83.9 cm³/mol. The highest BCUT2D eigenvalue weighted by Crippen LogP contribution is 2.27. The molecular weight excluding hydrogens is 328 g/mol. The van der Waals surface area contributed by atoms with Crippen molar-refractivity contribution >= 4 is 33.4 Å². The highest BCUT2D eigenvalue weighted by molar-refractivity contribution is 9.10. The van der Waals surface area contributed by atoms with Crippen molar-refractivity contribution < 1.29 is 4.79 Å². The van der Waals surface area contributed by atoms with Gasteiger partial charge in [-0.05, 0) is 56.0 Å². The van der Waals surface area contributed by atoms with E-state index in [0.29, 0.717) is 17.1 Å². The monoisotopic (exact) mass is 346 g/mol. The molecule has 0 aliphatic carbocycles.